The number of hydrogen-bond donors (Lipinski definition) is 1. The van der Waals surface area contributed by atoms with Crippen molar-refractivity contribution in [1.29, 1.82) is 0 Å². The first-order valence-corrected chi connectivity index (χ1v) is 10.4. The van der Waals surface area contributed by atoms with Crippen LogP contribution < -0.4 is 5.56 Å². The van der Waals surface area contributed by atoms with Crippen LogP contribution in [0.5, 0.6) is 0 Å². The molecule has 2 heterocycles. The number of piperidine rings is 1. The van der Waals surface area contributed by atoms with Crippen LogP contribution in [0.1, 0.15) is 46.4 Å². The van der Waals surface area contributed by atoms with Crippen LogP contribution in [0.25, 0.3) is 10.9 Å². The van der Waals surface area contributed by atoms with Crippen molar-refractivity contribution in [2.75, 3.05) is 19.6 Å². The van der Waals surface area contributed by atoms with Gasteiger partial charge in [-0.2, -0.15) is 0 Å². The number of para-hydroxylation sites is 1. The van der Waals surface area contributed by atoms with Gasteiger partial charge in [-0.15, -0.1) is 0 Å². The summed E-state index contributed by atoms with van der Waals surface area (Å²) in [6.45, 7) is 9.18. The Balaban J connectivity index is 1.63. The summed E-state index contributed by atoms with van der Waals surface area (Å²) in [6, 6.07) is 7.15. The van der Waals surface area contributed by atoms with E-state index in [-0.39, 0.29) is 30.0 Å². The van der Waals surface area contributed by atoms with Crippen molar-refractivity contribution in [1.82, 2.24) is 19.8 Å². The summed E-state index contributed by atoms with van der Waals surface area (Å²) < 4.78 is 5.42. The molecule has 0 radical (unpaired) electrons. The van der Waals surface area contributed by atoms with E-state index in [1.807, 2.05) is 33.8 Å². The smallest absolute Gasteiger partial charge is 0.410 e. The molecule has 1 saturated heterocycles. The lowest BCUT2D eigenvalue weighted by molar-refractivity contribution is -0.137. The SMILES string of the molecule is CCN(Cc1nc2ccccc2c(=O)[nH]1)C(=O)C1CCN(C(=O)OC(C)(C)C)CC1. The number of benzene rings is 1. The Bertz CT molecular complexity index is 971. The molecule has 1 fully saturated rings. The maximum Gasteiger partial charge on any atom is 0.410 e. The number of carbonyl (C=O) groups excluding carboxylic acids is 2. The number of H-pyrrole nitrogens is 1. The second-order valence-corrected chi connectivity index (χ2v) is 8.62. The summed E-state index contributed by atoms with van der Waals surface area (Å²) in [7, 11) is 0. The zero-order valence-electron chi connectivity index (χ0n) is 18.1. The Morgan fingerprint density at radius 1 is 1.23 bits per heavy atom. The van der Waals surface area contributed by atoms with Crippen LogP contribution in [0.2, 0.25) is 0 Å². The Kier molecular flexibility index (Phi) is 6.43. The maximum atomic E-state index is 13.1. The minimum atomic E-state index is -0.535. The molecule has 1 aromatic heterocycles. The number of rotatable bonds is 4. The molecule has 1 aliphatic heterocycles. The number of aromatic nitrogens is 2. The molecule has 1 aliphatic rings. The molecular weight excluding hydrogens is 384 g/mol. The molecule has 30 heavy (non-hydrogen) atoms. The van der Waals surface area contributed by atoms with Gasteiger partial charge in [-0.1, -0.05) is 12.1 Å². The largest absolute Gasteiger partial charge is 0.444 e. The number of fused-ring (bicyclic) bond motifs is 1. The third-order valence-corrected chi connectivity index (χ3v) is 5.19. The number of hydrogen-bond acceptors (Lipinski definition) is 5. The van der Waals surface area contributed by atoms with E-state index in [0.29, 0.717) is 49.2 Å². The lowest BCUT2D eigenvalue weighted by Crippen LogP contribution is -2.45. The standard InChI is InChI=1S/C22H30N4O4/c1-5-25(14-18-23-17-9-7-6-8-16(17)19(27)24-18)20(28)15-10-12-26(13-11-15)21(29)30-22(2,3)4/h6-9,15H,5,10-14H2,1-4H3,(H,23,24,27). The van der Waals surface area contributed by atoms with Crippen LogP contribution in [0.4, 0.5) is 4.79 Å². The van der Waals surface area contributed by atoms with Crippen molar-refractivity contribution in [3.05, 3.63) is 40.4 Å². The van der Waals surface area contributed by atoms with Gasteiger partial charge in [0.05, 0.1) is 17.4 Å². The lowest BCUT2D eigenvalue weighted by atomic mass is 9.95. The van der Waals surface area contributed by atoms with Crippen molar-refractivity contribution in [2.24, 2.45) is 5.92 Å². The van der Waals surface area contributed by atoms with Gasteiger partial charge in [0, 0.05) is 25.6 Å². The molecule has 2 amide bonds. The summed E-state index contributed by atoms with van der Waals surface area (Å²) >= 11 is 0. The fourth-order valence-electron chi connectivity index (χ4n) is 3.63. The summed E-state index contributed by atoms with van der Waals surface area (Å²) in [5, 5.41) is 0.533. The van der Waals surface area contributed by atoms with Gasteiger partial charge in [0.1, 0.15) is 11.4 Å². The van der Waals surface area contributed by atoms with Crippen LogP contribution in [0.3, 0.4) is 0 Å². The van der Waals surface area contributed by atoms with Gasteiger partial charge in [0.15, 0.2) is 0 Å². The number of likely N-dealkylation sites (tertiary alicyclic amines) is 1. The Hall–Kier alpha value is -2.90. The first-order chi connectivity index (χ1) is 14.2. The maximum absolute atomic E-state index is 13.1. The van der Waals surface area contributed by atoms with Gasteiger partial charge < -0.3 is 19.5 Å². The summed E-state index contributed by atoms with van der Waals surface area (Å²) in [6.07, 6.45) is 0.852. The highest BCUT2D eigenvalue weighted by Crippen LogP contribution is 2.22. The zero-order chi connectivity index (χ0) is 21.9. The van der Waals surface area contributed by atoms with E-state index in [2.05, 4.69) is 9.97 Å². The molecule has 2 aromatic rings. The average molecular weight is 415 g/mol. The molecule has 3 rings (SSSR count). The molecule has 1 aromatic carbocycles. The van der Waals surface area contributed by atoms with E-state index in [9.17, 15) is 14.4 Å². The molecule has 0 unspecified atom stereocenters. The number of nitrogens with one attached hydrogen (secondary N) is 1. The van der Waals surface area contributed by atoms with Crippen molar-refractivity contribution in [2.45, 2.75) is 52.7 Å². The molecule has 0 spiro atoms. The van der Waals surface area contributed by atoms with Crippen LogP contribution in [0.15, 0.2) is 29.1 Å². The lowest BCUT2D eigenvalue weighted by Gasteiger charge is -2.34. The van der Waals surface area contributed by atoms with Crippen LogP contribution >= 0.6 is 0 Å². The van der Waals surface area contributed by atoms with Gasteiger partial charge in [0.25, 0.3) is 5.56 Å². The van der Waals surface area contributed by atoms with Crippen molar-refractivity contribution in [3.8, 4) is 0 Å². The third kappa shape index (κ3) is 5.17. The molecule has 162 valence electrons. The fraction of sp³-hybridized carbons (Fsp3) is 0.545. The van der Waals surface area contributed by atoms with Gasteiger partial charge >= 0.3 is 6.09 Å². The molecule has 0 atom stereocenters. The highest BCUT2D eigenvalue weighted by Gasteiger charge is 2.32. The van der Waals surface area contributed by atoms with E-state index in [1.54, 1.807) is 28.0 Å². The molecule has 1 N–H and O–H groups in total. The van der Waals surface area contributed by atoms with Crippen LogP contribution in [-0.2, 0) is 16.1 Å². The Morgan fingerprint density at radius 2 is 1.90 bits per heavy atom. The van der Waals surface area contributed by atoms with Crippen molar-refractivity contribution < 1.29 is 14.3 Å². The quantitative estimate of drug-likeness (QED) is 0.830. The molecule has 8 nitrogen and oxygen atoms in total. The third-order valence-electron chi connectivity index (χ3n) is 5.19. The van der Waals surface area contributed by atoms with E-state index in [0.717, 1.165) is 0 Å². The van der Waals surface area contributed by atoms with Crippen molar-refractivity contribution >= 4 is 22.9 Å². The second kappa shape index (κ2) is 8.85. The summed E-state index contributed by atoms with van der Waals surface area (Å²) in [5.41, 5.74) is -0.123. The molecule has 0 bridgehead atoms. The number of aromatic amines is 1. The summed E-state index contributed by atoms with van der Waals surface area (Å²) in [5.74, 6) is 0.341. The molecular formula is C22H30N4O4. The topological polar surface area (TPSA) is 95.6 Å². The van der Waals surface area contributed by atoms with Crippen molar-refractivity contribution in [3.63, 3.8) is 0 Å². The predicted molar refractivity (Wildman–Crippen MR) is 114 cm³/mol. The normalized spacial score (nSPS) is 15.3. The van der Waals surface area contributed by atoms with Gasteiger partial charge in [-0.3, -0.25) is 9.59 Å². The van der Waals surface area contributed by atoms with Gasteiger partial charge in [-0.05, 0) is 52.7 Å². The molecule has 0 aliphatic carbocycles. The summed E-state index contributed by atoms with van der Waals surface area (Å²) in [4.78, 5) is 48.2. The first kappa shape index (κ1) is 21.8. The van der Waals surface area contributed by atoms with E-state index in [4.69, 9.17) is 4.74 Å². The minimum Gasteiger partial charge on any atom is -0.444 e. The highest BCUT2D eigenvalue weighted by molar-refractivity contribution is 5.80. The Labute approximate surface area is 176 Å². The van der Waals surface area contributed by atoms with Crippen LogP contribution in [0, 0.1) is 5.92 Å². The molecule has 8 heteroatoms. The van der Waals surface area contributed by atoms with Gasteiger partial charge in [-0.25, -0.2) is 9.78 Å². The monoisotopic (exact) mass is 414 g/mol. The first-order valence-electron chi connectivity index (χ1n) is 10.4. The number of nitrogens with zero attached hydrogens (tertiary/aromatic N) is 3. The molecule has 0 saturated carbocycles. The number of carbonyl (C=O) groups is 2. The Morgan fingerprint density at radius 3 is 2.53 bits per heavy atom. The highest BCUT2D eigenvalue weighted by atomic mass is 16.6. The van der Waals surface area contributed by atoms with E-state index < -0.39 is 5.60 Å². The van der Waals surface area contributed by atoms with Gasteiger partial charge in [0.2, 0.25) is 5.91 Å². The fourth-order valence-corrected chi connectivity index (χ4v) is 3.63. The average Bonchev–Trinajstić information content (AvgIpc) is 2.70. The predicted octanol–water partition coefficient (Wildman–Crippen LogP) is 2.92. The number of amides is 2. The minimum absolute atomic E-state index is 0.0251. The number of ether oxygens (including phenoxy) is 1. The van der Waals surface area contributed by atoms with Crippen LogP contribution in [-0.4, -0.2) is 57.0 Å². The van der Waals surface area contributed by atoms with E-state index in [1.165, 1.54) is 0 Å². The zero-order valence-corrected chi connectivity index (χ0v) is 18.1. The second-order valence-electron chi connectivity index (χ2n) is 8.62. The van der Waals surface area contributed by atoms with E-state index >= 15 is 0 Å².